The van der Waals surface area contributed by atoms with Crippen LogP contribution in [-0.4, -0.2) is 55.9 Å². The number of hydrogen-bond acceptors (Lipinski definition) is 10. The third kappa shape index (κ3) is 4.91. The summed E-state index contributed by atoms with van der Waals surface area (Å²) in [7, 11) is -2.32. The highest BCUT2D eigenvalue weighted by molar-refractivity contribution is 8.40. The fourth-order valence-electron chi connectivity index (χ4n) is 3.44. The lowest BCUT2D eigenvalue weighted by Crippen LogP contribution is -2.11. The maximum Gasteiger partial charge on any atom is 0.339 e. The Bertz CT molecular complexity index is 1250. The molecule has 0 atom stereocenters. The molecule has 0 unspecified atom stereocenters. The van der Waals surface area contributed by atoms with Crippen molar-refractivity contribution in [2.45, 2.75) is 13.8 Å². The van der Waals surface area contributed by atoms with Gasteiger partial charge in [-0.15, -0.1) is 0 Å². The van der Waals surface area contributed by atoms with Crippen molar-refractivity contribution in [1.29, 1.82) is 0 Å². The number of nitro groups is 2. The molecule has 0 amide bonds. The van der Waals surface area contributed by atoms with Crippen LogP contribution in [0.5, 0.6) is 0 Å². The van der Waals surface area contributed by atoms with Crippen LogP contribution in [0.15, 0.2) is 55.5 Å². The highest BCUT2D eigenvalue weighted by Crippen LogP contribution is 2.69. The molecule has 15 heteroatoms. The smallest absolute Gasteiger partial charge is 0.339 e. The Labute approximate surface area is 207 Å². The van der Waals surface area contributed by atoms with Gasteiger partial charge in [-0.05, 0) is 23.6 Å². The summed E-state index contributed by atoms with van der Waals surface area (Å²) in [5.41, 5.74) is -0.967. The van der Waals surface area contributed by atoms with Gasteiger partial charge in [-0.25, -0.2) is 19.6 Å². The number of aliphatic imine (C=N–C) groups is 2. The summed E-state index contributed by atoms with van der Waals surface area (Å²) in [5, 5.41) is 41.7. The van der Waals surface area contributed by atoms with Gasteiger partial charge >= 0.3 is 21.9 Å². The Morgan fingerprint density at radius 1 is 0.857 bits per heavy atom. The quantitative estimate of drug-likeness (QED) is 0.249. The summed E-state index contributed by atoms with van der Waals surface area (Å²) in [6.07, 6.45) is 2.58. The summed E-state index contributed by atoms with van der Waals surface area (Å²) in [6, 6.07) is 5.52. The lowest BCUT2D eigenvalue weighted by atomic mass is 10.1. The Balaban J connectivity index is 2.16. The zero-order valence-electron chi connectivity index (χ0n) is 18.2. The average molecular weight is 539 g/mol. The molecule has 2 aromatic rings. The number of nitrogens with zero attached hydrogens (tertiary/aromatic N) is 4. The second-order valence-corrected chi connectivity index (χ2v) is 12.7. The largest absolute Gasteiger partial charge is 0.478 e. The molecule has 1 aliphatic rings. The zero-order chi connectivity index (χ0) is 25.9. The van der Waals surface area contributed by atoms with E-state index >= 15 is 0 Å². The molecule has 2 aromatic heterocycles. The van der Waals surface area contributed by atoms with Gasteiger partial charge in [0.1, 0.15) is 11.1 Å². The van der Waals surface area contributed by atoms with E-state index in [4.69, 9.17) is 0 Å². The standard InChI is InChI=1S/C20H18N4O8S3/c1-3-35(4-2)17(21-9-11-5-7-13(33-11)23(29)30)15(19(25)26)16(20(27)28)18(35)22-10-12-6-8-14(34-12)24(31)32/h5-10H,3-4H2,1-2H3,(H,25,26)(H,27,28). The summed E-state index contributed by atoms with van der Waals surface area (Å²) in [6.45, 7) is 3.56. The second kappa shape index (κ2) is 10.3. The minimum absolute atomic E-state index is 0.0627. The molecule has 12 nitrogen and oxygen atoms in total. The number of thiophene rings is 2. The molecule has 0 radical (unpaired) electrons. The van der Waals surface area contributed by atoms with Crippen molar-refractivity contribution in [2.24, 2.45) is 9.98 Å². The number of hydrogen-bond donors (Lipinski definition) is 2. The van der Waals surface area contributed by atoms with Crippen LogP contribution in [0.4, 0.5) is 10.0 Å². The van der Waals surface area contributed by atoms with E-state index in [0.29, 0.717) is 21.3 Å². The molecule has 0 aromatic carbocycles. The predicted molar refractivity (Wildman–Crippen MR) is 135 cm³/mol. The van der Waals surface area contributed by atoms with Crippen LogP contribution in [0.3, 0.4) is 0 Å². The first-order chi connectivity index (χ1) is 16.5. The SMILES string of the molecule is CCS1(CC)C(N=Cc2ccc([N+](=O)[O-])s2)=C(C(=O)O)C(C(=O)O)=C1N=Cc1ccc([N+](=O)[O-])s1. The van der Waals surface area contributed by atoms with E-state index in [1.54, 1.807) is 13.8 Å². The molecule has 184 valence electrons. The van der Waals surface area contributed by atoms with Gasteiger partial charge in [0.05, 0.1) is 29.7 Å². The first kappa shape index (κ1) is 25.9. The van der Waals surface area contributed by atoms with Crippen LogP contribution >= 0.6 is 32.7 Å². The number of carboxylic acid groups (broad SMARTS) is 2. The van der Waals surface area contributed by atoms with Crippen LogP contribution in [0.25, 0.3) is 0 Å². The van der Waals surface area contributed by atoms with Gasteiger partial charge in [-0.3, -0.25) is 20.2 Å². The zero-order valence-corrected chi connectivity index (χ0v) is 20.7. The van der Waals surface area contributed by atoms with Crippen LogP contribution < -0.4 is 0 Å². The molecule has 0 aliphatic carbocycles. The summed E-state index contributed by atoms with van der Waals surface area (Å²) >= 11 is 1.69. The summed E-state index contributed by atoms with van der Waals surface area (Å²) in [4.78, 5) is 54.8. The molecule has 3 heterocycles. The Morgan fingerprint density at radius 2 is 1.23 bits per heavy atom. The fraction of sp³-hybridized carbons (Fsp3) is 0.200. The first-order valence-corrected chi connectivity index (χ1v) is 13.5. The average Bonchev–Trinajstić information content (AvgIpc) is 3.52. The molecule has 3 rings (SSSR count). The van der Waals surface area contributed by atoms with E-state index in [-0.39, 0.29) is 20.1 Å². The highest BCUT2D eigenvalue weighted by Gasteiger charge is 2.46. The number of aliphatic carboxylic acids is 2. The summed E-state index contributed by atoms with van der Waals surface area (Å²) < 4.78 is 0. The summed E-state index contributed by atoms with van der Waals surface area (Å²) in [5.74, 6) is -2.29. The number of carboxylic acids is 2. The Morgan fingerprint density at radius 3 is 1.49 bits per heavy atom. The van der Waals surface area contributed by atoms with Gasteiger partial charge in [-0.1, -0.05) is 36.5 Å². The van der Waals surface area contributed by atoms with E-state index in [9.17, 15) is 40.0 Å². The van der Waals surface area contributed by atoms with Crippen LogP contribution in [-0.2, 0) is 9.59 Å². The minimum atomic E-state index is -2.32. The van der Waals surface area contributed by atoms with Crippen molar-refractivity contribution in [2.75, 3.05) is 11.5 Å². The van der Waals surface area contributed by atoms with E-state index in [0.717, 1.165) is 22.7 Å². The maximum absolute atomic E-state index is 12.2. The van der Waals surface area contributed by atoms with Crippen molar-refractivity contribution in [3.05, 3.63) is 75.5 Å². The predicted octanol–water partition coefficient (Wildman–Crippen LogP) is 4.61. The maximum atomic E-state index is 12.2. The van der Waals surface area contributed by atoms with E-state index < -0.39 is 43.0 Å². The van der Waals surface area contributed by atoms with Crippen molar-refractivity contribution in [3.8, 4) is 0 Å². The van der Waals surface area contributed by atoms with Gasteiger partial charge in [0, 0.05) is 24.6 Å². The normalized spacial score (nSPS) is 16.4. The lowest BCUT2D eigenvalue weighted by Gasteiger charge is -2.35. The fourth-order valence-corrected chi connectivity index (χ4v) is 8.18. The molecular formula is C20H18N4O8S3. The van der Waals surface area contributed by atoms with E-state index in [2.05, 4.69) is 9.98 Å². The molecule has 0 bridgehead atoms. The van der Waals surface area contributed by atoms with Gasteiger partial charge in [0.2, 0.25) is 0 Å². The third-order valence-corrected chi connectivity index (χ3v) is 11.0. The highest BCUT2D eigenvalue weighted by atomic mass is 32.3. The van der Waals surface area contributed by atoms with Crippen molar-refractivity contribution in [1.82, 2.24) is 0 Å². The van der Waals surface area contributed by atoms with Gasteiger partial charge in [-0.2, -0.15) is 10.0 Å². The molecule has 0 fully saturated rings. The van der Waals surface area contributed by atoms with Gasteiger partial charge in [0.25, 0.3) is 0 Å². The molecule has 2 N–H and O–H groups in total. The molecule has 0 saturated carbocycles. The van der Waals surface area contributed by atoms with E-state index in [1.807, 2.05) is 0 Å². The first-order valence-electron chi connectivity index (χ1n) is 9.86. The van der Waals surface area contributed by atoms with Crippen LogP contribution in [0, 0.1) is 20.2 Å². The van der Waals surface area contributed by atoms with Crippen LogP contribution in [0.2, 0.25) is 0 Å². The Kier molecular flexibility index (Phi) is 7.62. The second-order valence-electron chi connectivity index (χ2n) is 6.81. The topological polar surface area (TPSA) is 186 Å². The van der Waals surface area contributed by atoms with Crippen molar-refractivity contribution in [3.63, 3.8) is 0 Å². The van der Waals surface area contributed by atoms with Crippen molar-refractivity contribution >= 4 is 67.1 Å². The third-order valence-electron chi connectivity index (χ3n) is 5.03. The monoisotopic (exact) mass is 538 g/mol. The molecular weight excluding hydrogens is 520 g/mol. The van der Waals surface area contributed by atoms with Gasteiger partial charge in [0.15, 0.2) is 0 Å². The van der Waals surface area contributed by atoms with Gasteiger partial charge < -0.3 is 10.2 Å². The molecule has 1 aliphatic heterocycles. The molecule has 0 spiro atoms. The number of rotatable bonds is 10. The van der Waals surface area contributed by atoms with Crippen molar-refractivity contribution < 1.29 is 29.6 Å². The minimum Gasteiger partial charge on any atom is -0.478 e. The Hall–Kier alpha value is -3.69. The lowest BCUT2D eigenvalue weighted by molar-refractivity contribution is -0.380. The molecule has 35 heavy (non-hydrogen) atoms. The molecule has 0 saturated heterocycles. The van der Waals surface area contributed by atoms with E-state index in [1.165, 1.54) is 36.7 Å². The number of carbonyl (C=O) groups is 2. The van der Waals surface area contributed by atoms with Crippen LogP contribution in [0.1, 0.15) is 23.6 Å².